The Morgan fingerprint density at radius 1 is 1.64 bits per heavy atom. The van der Waals surface area contributed by atoms with Gasteiger partial charge < -0.3 is 10.8 Å². The highest BCUT2D eigenvalue weighted by Crippen LogP contribution is 2.13. The van der Waals surface area contributed by atoms with Crippen LogP contribution in [0.3, 0.4) is 0 Å². The zero-order chi connectivity index (χ0) is 8.27. The minimum absolute atomic E-state index is 0.0952. The van der Waals surface area contributed by atoms with Gasteiger partial charge in [-0.1, -0.05) is 11.6 Å². The number of pyridine rings is 1. The Morgan fingerprint density at radius 3 is 2.91 bits per heavy atom. The first-order chi connectivity index (χ1) is 5.24. The average molecular weight is 173 g/mol. The molecule has 0 saturated heterocycles. The summed E-state index contributed by atoms with van der Waals surface area (Å²) in [7, 11) is 0. The molecule has 0 fully saturated rings. The van der Waals surface area contributed by atoms with Crippen molar-refractivity contribution in [2.24, 2.45) is 5.73 Å². The lowest BCUT2D eigenvalue weighted by molar-refractivity contribution is 0.268. The number of hydrogen-bond donors (Lipinski definition) is 2. The van der Waals surface area contributed by atoms with Gasteiger partial charge in [0.1, 0.15) is 0 Å². The van der Waals surface area contributed by atoms with Gasteiger partial charge in [0.15, 0.2) is 0 Å². The second-order valence-corrected chi connectivity index (χ2v) is 2.66. The number of aliphatic hydroxyl groups excluding tert-OH is 1. The molecule has 11 heavy (non-hydrogen) atoms. The fourth-order valence-corrected chi connectivity index (χ4v) is 0.919. The predicted octanol–water partition coefficient (Wildman–Crippen LogP) is 0.727. The van der Waals surface area contributed by atoms with Crippen LogP contribution in [0, 0.1) is 0 Å². The summed E-state index contributed by atoms with van der Waals surface area (Å²) in [5.41, 5.74) is 6.26. The summed E-state index contributed by atoms with van der Waals surface area (Å²) in [4.78, 5) is 3.83. The van der Waals surface area contributed by atoms with E-state index in [4.69, 9.17) is 22.4 Å². The number of halogens is 1. The van der Waals surface area contributed by atoms with Gasteiger partial charge in [-0.15, -0.1) is 0 Å². The van der Waals surface area contributed by atoms with Crippen LogP contribution in [0.25, 0.3) is 0 Å². The van der Waals surface area contributed by atoms with E-state index in [0.29, 0.717) is 5.02 Å². The van der Waals surface area contributed by atoms with Crippen LogP contribution in [-0.4, -0.2) is 16.7 Å². The van der Waals surface area contributed by atoms with Crippen molar-refractivity contribution in [3.05, 3.63) is 29.0 Å². The molecule has 0 saturated carbocycles. The van der Waals surface area contributed by atoms with Gasteiger partial charge in [0.25, 0.3) is 0 Å². The molecular formula is C7H9ClN2O. The van der Waals surface area contributed by atoms with Gasteiger partial charge in [0, 0.05) is 12.4 Å². The molecule has 0 amide bonds. The quantitative estimate of drug-likeness (QED) is 0.692. The Kier molecular flexibility index (Phi) is 2.82. The summed E-state index contributed by atoms with van der Waals surface area (Å²) < 4.78 is 0. The van der Waals surface area contributed by atoms with Crippen molar-refractivity contribution in [2.75, 3.05) is 6.61 Å². The van der Waals surface area contributed by atoms with Gasteiger partial charge in [-0.3, -0.25) is 4.98 Å². The number of aliphatic hydroxyl groups is 1. The number of nitrogens with zero attached hydrogens (tertiary/aromatic N) is 1. The molecule has 0 radical (unpaired) electrons. The van der Waals surface area contributed by atoms with E-state index in [1.165, 1.54) is 6.20 Å². The maximum absolute atomic E-state index is 8.68. The second-order valence-electron chi connectivity index (χ2n) is 2.23. The third-order valence-corrected chi connectivity index (χ3v) is 1.56. The molecule has 1 rings (SSSR count). The number of aromatic nitrogens is 1. The van der Waals surface area contributed by atoms with E-state index in [9.17, 15) is 0 Å². The van der Waals surface area contributed by atoms with Crippen LogP contribution in [0.4, 0.5) is 0 Å². The summed E-state index contributed by atoms with van der Waals surface area (Å²) in [6.07, 6.45) is 3.11. The fourth-order valence-electron chi connectivity index (χ4n) is 0.736. The zero-order valence-corrected chi connectivity index (χ0v) is 6.62. The number of hydrogen-bond acceptors (Lipinski definition) is 3. The molecule has 60 valence electrons. The van der Waals surface area contributed by atoms with Crippen LogP contribution >= 0.6 is 11.6 Å². The van der Waals surface area contributed by atoms with E-state index in [1.807, 2.05) is 0 Å². The lowest BCUT2D eigenvalue weighted by atomic mass is 10.1. The third kappa shape index (κ3) is 2.15. The van der Waals surface area contributed by atoms with Crippen molar-refractivity contribution in [2.45, 2.75) is 6.04 Å². The summed E-state index contributed by atoms with van der Waals surface area (Å²) in [6, 6.07) is 1.30. The molecular weight excluding hydrogens is 164 g/mol. The normalized spacial score (nSPS) is 13.0. The van der Waals surface area contributed by atoms with E-state index in [0.717, 1.165) is 5.56 Å². The van der Waals surface area contributed by atoms with E-state index in [-0.39, 0.29) is 12.6 Å². The first-order valence-electron chi connectivity index (χ1n) is 3.21. The topological polar surface area (TPSA) is 59.1 Å². The van der Waals surface area contributed by atoms with Crippen molar-refractivity contribution in [3.63, 3.8) is 0 Å². The zero-order valence-electron chi connectivity index (χ0n) is 5.87. The average Bonchev–Trinajstić information content (AvgIpc) is 2.03. The maximum atomic E-state index is 8.68. The first-order valence-corrected chi connectivity index (χ1v) is 3.58. The molecule has 1 aromatic heterocycles. The van der Waals surface area contributed by atoms with Crippen molar-refractivity contribution < 1.29 is 5.11 Å². The van der Waals surface area contributed by atoms with Crippen molar-refractivity contribution in [3.8, 4) is 0 Å². The molecule has 0 aromatic carbocycles. The van der Waals surface area contributed by atoms with Crippen molar-refractivity contribution >= 4 is 11.6 Å². The van der Waals surface area contributed by atoms with Crippen LogP contribution in [-0.2, 0) is 0 Å². The largest absolute Gasteiger partial charge is 0.394 e. The Bertz CT molecular complexity index is 242. The second kappa shape index (κ2) is 3.67. The monoisotopic (exact) mass is 172 g/mol. The summed E-state index contributed by atoms with van der Waals surface area (Å²) in [5.74, 6) is 0. The Labute approximate surface area is 69.8 Å². The van der Waals surface area contributed by atoms with Gasteiger partial charge in [-0.25, -0.2) is 0 Å². The summed E-state index contributed by atoms with van der Waals surface area (Å²) >= 11 is 5.65. The molecule has 0 bridgehead atoms. The molecule has 3 N–H and O–H groups in total. The Morgan fingerprint density at radius 2 is 2.36 bits per heavy atom. The van der Waals surface area contributed by atoms with Crippen molar-refractivity contribution in [1.29, 1.82) is 0 Å². The smallest absolute Gasteiger partial charge is 0.0624 e. The molecule has 1 aromatic rings. The Hall–Kier alpha value is -0.640. The van der Waals surface area contributed by atoms with Gasteiger partial charge in [-0.05, 0) is 11.6 Å². The van der Waals surface area contributed by atoms with Crippen LogP contribution in [0.2, 0.25) is 5.02 Å². The molecule has 0 aliphatic heterocycles. The van der Waals surface area contributed by atoms with E-state index in [2.05, 4.69) is 4.98 Å². The van der Waals surface area contributed by atoms with Crippen LogP contribution < -0.4 is 5.73 Å². The van der Waals surface area contributed by atoms with Crippen molar-refractivity contribution in [1.82, 2.24) is 4.98 Å². The van der Waals surface area contributed by atoms with Gasteiger partial charge in [-0.2, -0.15) is 0 Å². The number of rotatable bonds is 2. The first kappa shape index (κ1) is 8.46. The highest BCUT2D eigenvalue weighted by Gasteiger charge is 2.03. The van der Waals surface area contributed by atoms with E-state index < -0.39 is 0 Å². The Balaban J connectivity index is 2.86. The minimum atomic E-state index is -0.388. The standard InChI is InChI=1S/C7H9ClN2O/c8-6-1-5(2-10-3-6)7(9)4-11/h1-3,7,11H,4,9H2/t7-/m0/s1. The SMILES string of the molecule is N[C@@H](CO)c1cncc(Cl)c1. The molecule has 0 aliphatic rings. The van der Waals surface area contributed by atoms with Gasteiger partial charge in [0.05, 0.1) is 17.7 Å². The van der Waals surface area contributed by atoms with Crippen LogP contribution in [0.5, 0.6) is 0 Å². The van der Waals surface area contributed by atoms with E-state index in [1.54, 1.807) is 12.3 Å². The highest BCUT2D eigenvalue weighted by molar-refractivity contribution is 6.30. The van der Waals surface area contributed by atoms with Crippen LogP contribution in [0.15, 0.2) is 18.5 Å². The molecule has 1 atom stereocenters. The summed E-state index contributed by atoms with van der Waals surface area (Å²) in [5, 5.41) is 9.22. The molecule has 0 spiro atoms. The molecule has 0 aliphatic carbocycles. The maximum Gasteiger partial charge on any atom is 0.0624 e. The fraction of sp³-hybridized carbons (Fsp3) is 0.286. The molecule has 4 heteroatoms. The molecule has 0 unspecified atom stereocenters. The highest BCUT2D eigenvalue weighted by atomic mass is 35.5. The summed E-state index contributed by atoms with van der Waals surface area (Å²) in [6.45, 7) is -0.0952. The van der Waals surface area contributed by atoms with E-state index >= 15 is 0 Å². The minimum Gasteiger partial charge on any atom is -0.394 e. The lowest BCUT2D eigenvalue weighted by Crippen LogP contribution is -2.14. The van der Waals surface area contributed by atoms with Gasteiger partial charge in [0.2, 0.25) is 0 Å². The predicted molar refractivity (Wildman–Crippen MR) is 43.3 cm³/mol. The molecule has 3 nitrogen and oxygen atoms in total. The molecule has 1 heterocycles. The third-order valence-electron chi connectivity index (χ3n) is 1.35. The van der Waals surface area contributed by atoms with Crippen LogP contribution in [0.1, 0.15) is 11.6 Å². The van der Waals surface area contributed by atoms with Gasteiger partial charge >= 0.3 is 0 Å². The number of nitrogens with two attached hydrogens (primary N) is 1. The lowest BCUT2D eigenvalue weighted by Gasteiger charge is -2.06.